The quantitative estimate of drug-likeness (QED) is 0.788. The number of rotatable bonds is 2. The molecule has 1 nitrogen and oxygen atoms in total. The van der Waals surface area contributed by atoms with E-state index in [9.17, 15) is 5.11 Å². The Balaban J connectivity index is 2.60. The molecule has 0 bridgehead atoms. The second-order valence-electron chi connectivity index (χ2n) is 4.10. The molecule has 2 rings (SSSR count). The largest absolute Gasteiger partial charge is 0.393 e. The molecule has 0 radical (unpaired) electrons. The van der Waals surface area contributed by atoms with Crippen molar-refractivity contribution in [3.8, 4) is 0 Å². The maximum atomic E-state index is 9.63. The number of benzene rings is 2. The van der Waals surface area contributed by atoms with Gasteiger partial charge in [0.15, 0.2) is 0 Å². The smallest absolute Gasteiger partial charge is 0.0578 e. The van der Waals surface area contributed by atoms with Crippen molar-refractivity contribution in [2.24, 2.45) is 0 Å². The first-order chi connectivity index (χ1) is 7.20. The SMILES string of the molecule is C[C@H](c1cccc2ccccc12)[C@@H](C)O. The lowest BCUT2D eigenvalue weighted by atomic mass is 9.91. The summed E-state index contributed by atoms with van der Waals surface area (Å²) in [5, 5.41) is 12.1. The van der Waals surface area contributed by atoms with Crippen molar-refractivity contribution in [3.05, 3.63) is 48.0 Å². The van der Waals surface area contributed by atoms with Gasteiger partial charge in [0.2, 0.25) is 0 Å². The van der Waals surface area contributed by atoms with E-state index in [2.05, 4.69) is 37.3 Å². The Bertz CT molecular complexity index is 454. The van der Waals surface area contributed by atoms with Crippen LogP contribution in [0.3, 0.4) is 0 Å². The van der Waals surface area contributed by atoms with Gasteiger partial charge < -0.3 is 5.11 Å². The summed E-state index contributed by atoms with van der Waals surface area (Å²) in [5.74, 6) is 0.177. The first kappa shape index (κ1) is 10.2. The number of aliphatic hydroxyl groups excluding tert-OH is 1. The summed E-state index contributed by atoms with van der Waals surface area (Å²) in [6, 6.07) is 14.6. The fraction of sp³-hybridized carbons (Fsp3) is 0.286. The van der Waals surface area contributed by atoms with E-state index < -0.39 is 0 Å². The maximum absolute atomic E-state index is 9.63. The summed E-state index contributed by atoms with van der Waals surface area (Å²) in [6.45, 7) is 3.90. The van der Waals surface area contributed by atoms with Crippen molar-refractivity contribution in [2.45, 2.75) is 25.9 Å². The van der Waals surface area contributed by atoms with Gasteiger partial charge >= 0.3 is 0 Å². The van der Waals surface area contributed by atoms with Gasteiger partial charge in [-0.2, -0.15) is 0 Å². The van der Waals surface area contributed by atoms with Crippen LogP contribution in [0.15, 0.2) is 42.5 Å². The second-order valence-corrected chi connectivity index (χ2v) is 4.10. The molecule has 1 heteroatoms. The lowest BCUT2D eigenvalue weighted by Crippen LogP contribution is -2.11. The Kier molecular flexibility index (Phi) is 2.74. The third kappa shape index (κ3) is 1.88. The Labute approximate surface area is 90.4 Å². The fourth-order valence-corrected chi connectivity index (χ4v) is 1.91. The topological polar surface area (TPSA) is 20.2 Å². The van der Waals surface area contributed by atoms with Gasteiger partial charge in [-0.15, -0.1) is 0 Å². The van der Waals surface area contributed by atoms with Crippen LogP contribution in [-0.2, 0) is 0 Å². The number of fused-ring (bicyclic) bond motifs is 1. The molecule has 0 aromatic heterocycles. The Morgan fingerprint density at radius 2 is 1.60 bits per heavy atom. The predicted octanol–water partition coefficient (Wildman–Crippen LogP) is 3.32. The average molecular weight is 200 g/mol. The molecule has 0 heterocycles. The van der Waals surface area contributed by atoms with Gasteiger partial charge in [0.1, 0.15) is 0 Å². The summed E-state index contributed by atoms with van der Waals surface area (Å²) < 4.78 is 0. The van der Waals surface area contributed by atoms with E-state index in [1.54, 1.807) is 0 Å². The standard InChI is InChI=1S/C14H16O/c1-10(11(2)15)13-9-5-7-12-6-3-4-8-14(12)13/h3-11,15H,1-2H3/t10-,11+/m0/s1. The van der Waals surface area contributed by atoms with Crippen molar-refractivity contribution in [2.75, 3.05) is 0 Å². The molecule has 78 valence electrons. The zero-order valence-corrected chi connectivity index (χ0v) is 9.14. The molecule has 0 aliphatic carbocycles. The van der Waals surface area contributed by atoms with E-state index in [1.165, 1.54) is 16.3 Å². The summed E-state index contributed by atoms with van der Waals surface area (Å²) >= 11 is 0. The molecule has 2 aromatic rings. The molecule has 2 atom stereocenters. The molecule has 0 amide bonds. The Morgan fingerprint density at radius 3 is 2.33 bits per heavy atom. The van der Waals surface area contributed by atoms with Crippen molar-refractivity contribution < 1.29 is 5.11 Å². The van der Waals surface area contributed by atoms with Gasteiger partial charge in [-0.3, -0.25) is 0 Å². The lowest BCUT2D eigenvalue weighted by Gasteiger charge is -2.17. The van der Waals surface area contributed by atoms with Crippen LogP contribution in [0, 0.1) is 0 Å². The minimum Gasteiger partial charge on any atom is -0.393 e. The van der Waals surface area contributed by atoms with E-state index >= 15 is 0 Å². The highest BCUT2D eigenvalue weighted by Gasteiger charge is 2.13. The molecule has 0 saturated carbocycles. The number of hydrogen-bond donors (Lipinski definition) is 1. The lowest BCUT2D eigenvalue weighted by molar-refractivity contribution is 0.169. The predicted molar refractivity (Wildman–Crippen MR) is 64.0 cm³/mol. The van der Waals surface area contributed by atoms with E-state index in [1.807, 2.05) is 19.1 Å². The van der Waals surface area contributed by atoms with Crippen LogP contribution in [0.2, 0.25) is 0 Å². The van der Waals surface area contributed by atoms with Gasteiger partial charge in [0, 0.05) is 5.92 Å². The highest BCUT2D eigenvalue weighted by Crippen LogP contribution is 2.27. The normalized spacial score (nSPS) is 15.1. The van der Waals surface area contributed by atoms with Crippen LogP contribution >= 0.6 is 0 Å². The Morgan fingerprint density at radius 1 is 0.933 bits per heavy atom. The zero-order valence-electron chi connectivity index (χ0n) is 9.14. The molecule has 0 spiro atoms. The van der Waals surface area contributed by atoms with Crippen LogP contribution in [-0.4, -0.2) is 11.2 Å². The van der Waals surface area contributed by atoms with Gasteiger partial charge in [-0.1, -0.05) is 49.4 Å². The summed E-state index contributed by atoms with van der Waals surface area (Å²) in [5.41, 5.74) is 1.23. The molecule has 2 aromatic carbocycles. The van der Waals surface area contributed by atoms with E-state index in [0.29, 0.717) is 0 Å². The van der Waals surface area contributed by atoms with Crippen LogP contribution in [0.25, 0.3) is 10.8 Å². The minimum atomic E-state index is -0.309. The van der Waals surface area contributed by atoms with Crippen LogP contribution in [0.4, 0.5) is 0 Å². The molecule has 0 aliphatic rings. The van der Waals surface area contributed by atoms with Crippen molar-refractivity contribution in [1.29, 1.82) is 0 Å². The molecule has 0 fully saturated rings. The summed E-state index contributed by atoms with van der Waals surface area (Å²) in [6.07, 6.45) is -0.309. The van der Waals surface area contributed by atoms with Gasteiger partial charge in [-0.25, -0.2) is 0 Å². The summed E-state index contributed by atoms with van der Waals surface area (Å²) in [4.78, 5) is 0. The molecule has 0 unspecified atom stereocenters. The maximum Gasteiger partial charge on any atom is 0.0578 e. The minimum absolute atomic E-state index is 0.177. The highest BCUT2D eigenvalue weighted by molar-refractivity contribution is 5.86. The first-order valence-corrected chi connectivity index (χ1v) is 5.36. The molecule has 1 N–H and O–H groups in total. The monoisotopic (exact) mass is 200 g/mol. The Hall–Kier alpha value is -1.34. The van der Waals surface area contributed by atoms with E-state index in [-0.39, 0.29) is 12.0 Å². The summed E-state index contributed by atoms with van der Waals surface area (Å²) in [7, 11) is 0. The van der Waals surface area contributed by atoms with Crippen LogP contribution in [0.1, 0.15) is 25.3 Å². The third-order valence-electron chi connectivity index (χ3n) is 3.04. The third-order valence-corrected chi connectivity index (χ3v) is 3.04. The average Bonchev–Trinajstić information content (AvgIpc) is 2.27. The number of hydrogen-bond acceptors (Lipinski definition) is 1. The molecule has 0 saturated heterocycles. The van der Waals surface area contributed by atoms with Gasteiger partial charge in [0.25, 0.3) is 0 Å². The highest BCUT2D eigenvalue weighted by atomic mass is 16.3. The van der Waals surface area contributed by atoms with E-state index in [4.69, 9.17) is 0 Å². The molecule has 0 aliphatic heterocycles. The fourth-order valence-electron chi connectivity index (χ4n) is 1.91. The van der Waals surface area contributed by atoms with Crippen molar-refractivity contribution in [1.82, 2.24) is 0 Å². The van der Waals surface area contributed by atoms with E-state index in [0.717, 1.165) is 0 Å². The molecular formula is C14H16O. The number of aliphatic hydroxyl groups is 1. The van der Waals surface area contributed by atoms with Crippen LogP contribution in [0.5, 0.6) is 0 Å². The van der Waals surface area contributed by atoms with Crippen LogP contribution < -0.4 is 0 Å². The van der Waals surface area contributed by atoms with Gasteiger partial charge in [-0.05, 0) is 23.3 Å². The first-order valence-electron chi connectivity index (χ1n) is 5.36. The zero-order chi connectivity index (χ0) is 10.8. The van der Waals surface area contributed by atoms with Crippen molar-refractivity contribution in [3.63, 3.8) is 0 Å². The molecular weight excluding hydrogens is 184 g/mol. The second kappa shape index (κ2) is 4.03. The van der Waals surface area contributed by atoms with Gasteiger partial charge in [0.05, 0.1) is 6.10 Å². The van der Waals surface area contributed by atoms with Crippen molar-refractivity contribution >= 4 is 10.8 Å². The molecule has 15 heavy (non-hydrogen) atoms.